The van der Waals surface area contributed by atoms with Crippen molar-refractivity contribution in [2.75, 3.05) is 12.4 Å². The molecule has 162 valence electrons. The number of thiophene rings is 1. The molecule has 0 saturated heterocycles. The van der Waals surface area contributed by atoms with Gasteiger partial charge in [-0.3, -0.25) is 4.79 Å². The number of nitrogens with zero attached hydrogens (tertiary/aromatic N) is 1. The van der Waals surface area contributed by atoms with E-state index in [1.807, 2.05) is 75.4 Å². The van der Waals surface area contributed by atoms with E-state index >= 15 is 0 Å². The van der Waals surface area contributed by atoms with E-state index in [0.717, 1.165) is 38.2 Å². The van der Waals surface area contributed by atoms with Gasteiger partial charge in [-0.25, -0.2) is 9.78 Å². The summed E-state index contributed by atoms with van der Waals surface area (Å²) in [5.41, 5.74) is 5.36. The molecule has 32 heavy (non-hydrogen) atoms. The largest absolute Gasteiger partial charge is 0.465 e. The summed E-state index contributed by atoms with van der Waals surface area (Å²) in [6.45, 7) is 5.96. The highest BCUT2D eigenvalue weighted by Crippen LogP contribution is 2.35. The van der Waals surface area contributed by atoms with Crippen LogP contribution in [0.5, 0.6) is 0 Å². The van der Waals surface area contributed by atoms with Crippen molar-refractivity contribution in [3.63, 3.8) is 0 Å². The maximum atomic E-state index is 13.5. The molecule has 0 aliphatic carbocycles. The number of carbonyl (C=O) groups is 2. The van der Waals surface area contributed by atoms with E-state index in [9.17, 15) is 9.59 Å². The number of aromatic nitrogens is 1. The zero-order chi connectivity index (χ0) is 22.8. The van der Waals surface area contributed by atoms with Crippen LogP contribution in [0.1, 0.15) is 43.6 Å². The average Bonchev–Trinajstić information content (AvgIpc) is 3.12. The van der Waals surface area contributed by atoms with E-state index in [4.69, 9.17) is 9.72 Å². The van der Waals surface area contributed by atoms with Gasteiger partial charge >= 0.3 is 5.97 Å². The molecule has 0 radical (unpaired) electrons. The summed E-state index contributed by atoms with van der Waals surface area (Å²) in [4.78, 5) is 31.7. The van der Waals surface area contributed by atoms with Gasteiger partial charge in [0, 0.05) is 15.8 Å². The maximum absolute atomic E-state index is 13.5. The maximum Gasteiger partial charge on any atom is 0.341 e. The van der Waals surface area contributed by atoms with E-state index in [1.54, 1.807) is 0 Å². The molecule has 2 aromatic heterocycles. The van der Waals surface area contributed by atoms with E-state index < -0.39 is 5.97 Å². The number of aryl methyl sites for hydroxylation is 2. The summed E-state index contributed by atoms with van der Waals surface area (Å²) in [6.07, 6.45) is 0.679. The number of benzene rings is 2. The van der Waals surface area contributed by atoms with E-state index in [1.165, 1.54) is 18.4 Å². The van der Waals surface area contributed by atoms with Gasteiger partial charge in [-0.2, -0.15) is 0 Å². The molecule has 1 amide bonds. The summed E-state index contributed by atoms with van der Waals surface area (Å²) in [5.74, 6) is -0.729. The Kier molecular flexibility index (Phi) is 6.06. The lowest BCUT2D eigenvalue weighted by atomic mass is 10.0. The molecule has 0 bridgehead atoms. The van der Waals surface area contributed by atoms with Crippen LogP contribution >= 0.6 is 11.3 Å². The van der Waals surface area contributed by atoms with Crippen molar-refractivity contribution in [3.05, 3.63) is 81.7 Å². The first-order chi connectivity index (χ1) is 15.4. The van der Waals surface area contributed by atoms with Gasteiger partial charge in [-0.15, -0.1) is 11.3 Å². The standard InChI is InChI=1S/C26H24N2O3S/c1-5-18-16(3)32-25(23(18)26(30)31-4)28-24(29)20-14-22(17-10-8-9-15(2)13-17)27-21-12-7-6-11-19(20)21/h6-14H,5H2,1-4H3,(H,28,29). The fourth-order valence-corrected chi connectivity index (χ4v) is 5.02. The molecule has 2 aromatic carbocycles. The SMILES string of the molecule is CCc1c(C)sc(NC(=O)c2cc(-c3cccc(C)c3)nc3ccccc23)c1C(=O)OC. The predicted octanol–water partition coefficient (Wildman–Crippen LogP) is 6.18. The number of ether oxygens (including phenoxy) is 1. The van der Waals surface area contributed by atoms with Crippen LogP contribution < -0.4 is 5.32 Å². The first kappa shape index (κ1) is 21.7. The topological polar surface area (TPSA) is 68.3 Å². The van der Waals surface area contributed by atoms with Gasteiger partial charge in [0.2, 0.25) is 0 Å². The van der Waals surface area contributed by atoms with Crippen LogP contribution in [0.2, 0.25) is 0 Å². The Bertz CT molecular complexity index is 1340. The zero-order valence-electron chi connectivity index (χ0n) is 18.5. The molecule has 0 aliphatic rings. The Morgan fingerprint density at radius 2 is 1.84 bits per heavy atom. The number of hydrogen-bond donors (Lipinski definition) is 1. The Hall–Kier alpha value is -3.51. The highest BCUT2D eigenvalue weighted by molar-refractivity contribution is 7.16. The second-order valence-corrected chi connectivity index (χ2v) is 8.81. The molecule has 4 rings (SSSR count). The minimum Gasteiger partial charge on any atom is -0.465 e. The van der Waals surface area contributed by atoms with E-state index in [0.29, 0.717) is 22.5 Å². The van der Waals surface area contributed by atoms with Crippen molar-refractivity contribution in [2.24, 2.45) is 0 Å². The molecule has 1 N–H and O–H groups in total. The van der Waals surface area contributed by atoms with Gasteiger partial charge in [0.05, 0.1) is 29.4 Å². The molecular weight excluding hydrogens is 420 g/mol. The second-order valence-electron chi connectivity index (χ2n) is 7.58. The van der Waals surface area contributed by atoms with Gasteiger partial charge in [0.15, 0.2) is 0 Å². The number of hydrogen-bond acceptors (Lipinski definition) is 5. The molecule has 4 aromatic rings. The Morgan fingerprint density at radius 1 is 1.06 bits per heavy atom. The highest BCUT2D eigenvalue weighted by Gasteiger charge is 2.24. The molecule has 2 heterocycles. The van der Waals surface area contributed by atoms with Crippen molar-refractivity contribution < 1.29 is 14.3 Å². The molecule has 0 aliphatic heterocycles. The number of fused-ring (bicyclic) bond motifs is 1. The molecule has 0 spiro atoms. The van der Waals surface area contributed by atoms with E-state index in [2.05, 4.69) is 5.32 Å². The third kappa shape index (κ3) is 4.01. The molecule has 0 saturated carbocycles. The third-order valence-corrected chi connectivity index (χ3v) is 6.52. The van der Waals surface area contributed by atoms with Crippen molar-refractivity contribution in [2.45, 2.75) is 27.2 Å². The van der Waals surface area contributed by atoms with Gasteiger partial charge in [-0.05, 0) is 44.0 Å². The van der Waals surface area contributed by atoms with Crippen LogP contribution in [0.15, 0.2) is 54.6 Å². The summed E-state index contributed by atoms with van der Waals surface area (Å²) >= 11 is 1.39. The summed E-state index contributed by atoms with van der Waals surface area (Å²) in [7, 11) is 1.35. The van der Waals surface area contributed by atoms with E-state index in [-0.39, 0.29) is 5.91 Å². The first-order valence-corrected chi connectivity index (χ1v) is 11.2. The second kappa shape index (κ2) is 8.93. The number of amides is 1. The highest BCUT2D eigenvalue weighted by atomic mass is 32.1. The molecule has 6 heteroatoms. The number of anilines is 1. The molecule has 5 nitrogen and oxygen atoms in total. The van der Waals surface area contributed by atoms with Crippen LogP contribution in [0.4, 0.5) is 5.00 Å². The molecule has 0 atom stereocenters. The minimum absolute atomic E-state index is 0.286. The van der Waals surface area contributed by atoms with Crippen LogP contribution in [-0.4, -0.2) is 24.0 Å². The lowest BCUT2D eigenvalue weighted by molar-refractivity contribution is 0.0601. The average molecular weight is 445 g/mol. The normalized spacial score (nSPS) is 10.9. The fraction of sp³-hybridized carbons (Fsp3) is 0.192. The lowest BCUT2D eigenvalue weighted by Crippen LogP contribution is -2.15. The lowest BCUT2D eigenvalue weighted by Gasteiger charge is -2.11. The van der Waals surface area contributed by atoms with Gasteiger partial charge in [-0.1, -0.05) is 48.9 Å². The Morgan fingerprint density at radius 3 is 2.56 bits per heavy atom. The number of carbonyl (C=O) groups excluding carboxylic acids is 2. The number of esters is 1. The van der Waals surface area contributed by atoms with Crippen LogP contribution in [0.3, 0.4) is 0 Å². The Balaban J connectivity index is 1.82. The predicted molar refractivity (Wildman–Crippen MR) is 130 cm³/mol. The van der Waals surface area contributed by atoms with Crippen molar-refractivity contribution >= 4 is 39.1 Å². The number of para-hydroxylation sites is 1. The Labute approximate surface area is 191 Å². The fourth-order valence-electron chi connectivity index (χ4n) is 3.90. The van der Waals surface area contributed by atoms with Gasteiger partial charge < -0.3 is 10.1 Å². The number of nitrogens with one attached hydrogen (secondary N) is 1. The molecule has 0 fully saturated rings. The number of rotatable bonds is 5. The summed E-state index contributed by atoms with van der Waals surface area (Å²) in [6, 6.07) is 17.4. The number of pyridine rings is 1. The van der Waals surface area contributed by atoms with Crippen molar-refractivity contribution in [1.82, 2.24) is 4.98 Å². The van der Waals surface area contributed by atoms with Crippen LogP contribution in [0, 0.1) is 13.8 Å². The quantitative estimate of drug-likeness (QED) is 0.373. The molecular formula is C26H24N2O3S. The number of methoxy groups -OCH3 is 1. The first-order valence-electron chi connectivity index (χ1n) is 10.4. The summed E-state index contributed by atoms with van der Waals surface area (Å²) in [5, 5.41) is 4.23. The minimum atomic E-state index is -0.443. The van der Waals surface area contributed by atoms with Gasteiger partial charge in [0.1, 0.15) is 5.00 Å². The van der Waals surface area contributed by atoms with Crippen molar-refractivity contribution in [1.29, 1.82) is 0 Å². The monoisotopic (exact) mass is 444 g/mol. The van der Waals surface area contributed by atoms with Crippen molar-refractivity contribution in [3.8, 4) is 11.3 Å². The van der Waals surface area contributed by atoms with Gasteiger partial charge in [0.25, 0.3) is 5.91 Å². The third-order valence-electron chi connectivity index (χ3n) is 5.45. The van der Waals surface area contributed by atoms with Crippen LogP contribution in [-0.2, 0) is 11.2 Å². The summed E-state index contributed by atoms with van der Waals surface area (Å²) < 4.78 is 4.98. The smallest absolute Gasteiger partial charge is 0.341 e. The van der Waals surface area contributed by atoms with Crippen LogP contribution in [0.25, 0.3) is 22.2 Å². The molecule has 0 unspecified atom stereocenters. The zero-order valence-corrected chi connectivity index (χ0v) is 19.3.